The molecule has 1 aliphatic heterocycles. The Balaban J connectivity index is 1.66. The van der Waals surface area contributed by atoms with Gasteiger partial charge in [0.15, 0.2) is 5.65 Å². The van der Waals surface area contributed by atoms with Crippen LogP contribution in [-0.4, -0.2) is 39.7 Å². The van der Waals surface area contributed by atoms with E-state index >= 15 is 0 Å². The number of hydrogen-bond donors (Lipinski definition) is 0. The molecule has 1 aromatic carbocycles. The first-order valence-electron chi connectivity index (χ1n) is 9.71. The molecule has 0 spiro atoms. The van der Waals surface area contributed by atoms with E-state index in [0.29, 0.717) is 23.6 Å². The highest BCUT2D eigenvalue weighted by Crippen LogP contribution is 2.34. The summed E-state index contributed by atoms with van der Waals surface area (Å²) in [5, 5.41) is 19.3. The smallest absolute Gasteiger partial charge is 0.380 e. The summed E-state index contributed by atoms with van der Waals surface area (Å²) in [6.07, 6.45) is -1.88. The third-order valence-electron chi connectivity index (χ3n) is 5.46. The molecule has 4 rings (SSSR count). The van der Waals surface area contributed by atoms with Gasteiger partial charge in [-0.2, -0.15) is 13.2 Å². The minimum absolute atomic E-state index is 0.0208. The molecule has 0 aliphatic carbocycles. The van der Waals surface area contributed by atoms with E-state index in [2.05, 4.69) is 15.1 Å². The standard InChI is InChI=1S/C20H20F3N5O3/c1-31-12-14-9-16(28(29)30)5-6-17(14)26-8-2-3-13(10-26)19-25-24-18-7-4-15(11-27(18)19)20(21,22)23/h4-7,9,11,13H,2-3,8,10,12H2,1H3. The largest absolute Gasteiger partial charge is 0.417 e. The molecule has 0 N–H and O–H groups in total. The van der Waals surface area contributed by atoms with Gasteiger partial charge in [0.1, 0.15) is 5.82 Å². The first-order chi connectivity index (χ1) is 14.8. The van der Waals surface area contributed by atoms with Crippen molar-refractivity contribution in [3.05, 3.63) is 63.6 Å². The summed E-state index contributed by atoms with van der Waals surface area (Å²) in [4.78, 5) is 12.7. The first-order valence-corrected chi connectivity index (χ1v) is 9.71. The number of anilines is 1. The average molecular weight is 435 g/mol. The highest BCUT2D eigenvalue weighted by atomic mass is 19.4. The lowest BCUT2D eigenvalue weighted by atomic mass is 9.96. The molecule has 8 nitrogen and oxygen atoms in total. The lowest BCUT2D eigenvalue weighted by Crippen LogP contribution is -2.35. The number of benzene rings is 1. The van der Waals surface area contributed by atoms with Crippen LogP contribution in [0.25, 0.3) is 5.65 Å². The van der Waals surface area contributed by atoms with E-state index in [4.69, 9.17) is 4.74 Å². The van der Waals surface area contributed by atoms with Crippen molar-refractivity contribution in [1.29, 1.82) is 0 Å². The summed E-state index contributed by atoms with van der Waals surface area (Å²) in [7, 11) is 1.52. The summed E-state index contributed by atoms with van der Waals surface area (Å²) in [6, 6.07) is 6.94. The van der Waals surface area contributed by atoms with Crippen LogP contribution in [0, 0.1) is 10.1 Å². The number of rotatable bonds is 5. The third-order valence-corrected chi connectivity index (χ3v) is 5.46. The number of aromatic nitrogens is 3. The highest BCUT2D eigenvalue weighted by Gasteiger charge is 2.32. The second kappa shape index (κ2) is 8.14. The van der Waals surface area contributed by atoms with Crippen molar-refractivity contribution in [2.75, 3.05) is 25.1 Å². The van der Waals surface area contributed by atoms with E-state index in [1.165, 1.54) is 29.7 Å². The number of hydrogen-bond acceptors (Lipinski definition) is 6. The fraction of sp³-hybridized carbons (Fsp3) is 0.400. The number of pyridine rings is 1. The summed E-state index contributed by atoms with van der Waals surface area (Å²) in [6.45, 7) is 1.43. The zero-order valence-corrected chi connectivity index (χ0v) is 16.7. The molecule has 0 radical (unpaired) electrons. The van der Waals surface area contributed by atoms with Crippen molar-refractivity contribution in [1.82, 2.24) is 14.6 Å². The normalized spacial score (nSPS) is 17.3. The maximum atomic E-state index is 13.2. The van der Waals surface area contributed by atoms with Gasteiger partial charge in [-0.3, -0.25) is 14.5 Å². The molecule has 164 valence electrons. The van der Waals surface area contributed by atoms with Crippen molar-refractivity contribution < 1.29 is 22.8 Å². The number of halogens is 3. The molecule has 1 unspecified atom stereocenters. The number of nitro groups is 1. The minimum Gasteiger partial charge on any atom is -0.380 e. The molecule has 1 saturated heterocycles. The number of piperidine rings is 1. The average Bonchev–Trinajstić information content (AvgIpc) is 3.17. The predicted octanol–water partition coefficient (Wildman–Crippen LogP) is 4.19. The fourth-order valence-electron chi connectivity index (χ4n) is 4.03. The molecule has 2 aromatic heterocycles. The van der Waals surface area contributed by atoms with E-state index in [0.717, 1.165) is 37.3 Å². The molecular weight excluding hydrogens is 415 g/mol. The van der Waals surface area contributed by atoms with Gasteiger partial charge in [-0.15, -0.1) is 10.2 Å². The Hall–Kier alpha value is -3.21. The van der Waals surface area contributed by atoms with Crippen LogP contribution in [0.3, 0.4) is 0 Å². The molecular formula is C20H20F3N5O3. The van der Waals surface area contributed by atoms with Gasteiger partial charge in [0.2, 0.25) is 0 Å². The van der Waals surface area contributed by atoms with Gasteiger partial charge in [-0.25, -0.2) is 0 Å². The van der Waals surface area contributed by atoms with Gasteiger partial charge >= 0.3 is 6.18 Å². The fourth-order valence-corrected chi connectivity index (χ4v) is 4.03. The van der Waals surface area contributed by atoms with E-state index in [1.807, 2.05) is 0 Å². The summed E-state index contributed by atoms with van der Waals surface area (Å²) in [5.41, 5.74) is 1.07. The van der Waals surface area contributed by atoms with Crippen LogP contribution in [0.5, 0.6) is 0 Å². The number of nitrogens with zero attached hydrogens (tertiary/aromatic N) is 5. The zero-order valence-electron chi connectivity index (χ0n) is 16.7. The quantitative estimate of drug-likeness (QED) is 0.441. The molecule has 0 bridgehead atoms. The van der Waals surface area contributed by atoms with E-state index in [1.54, 1.807) is 6.07 Å². The van der Waals surface area contributed by atoms with Gasteiger partial charge in [-0.1, -0.05) is 0 Å². The summed E-state index contributed by atoms with van der Waals surface area (Å²) in [5.74, 6) is 0.332. The SMILES string of the molecule is COCc1cc([N+](=O)[O-])ccc1N1CCCC(c2nnc3ccc(C(F)(F)F)cn23)C1. The summed E-state index contributed by atoms with van der Waals surface area (Å²) < 4.78 is 46.1. The molecule has 1 aliphatic rings. The predicted molar refractivity (Wildman–Crippen MR) is 106 cm³/mol. The maximum absolute atomic E-state index is 13.2. The Morgan fingerprint density at radius 3 is 2.77 bits per heavy atom. The molecule has 11 heteroatoms. The Kier molecular flexibility index (Phi) is 5.52. The van der Waals surface area contributed by atoms with Crippen LogP contribution < -0.4 is 4.90 Å². The number of nitro benzene ring substituents is 1. The Bertz CT molecular complexity index is 1120. The van der Waals surface area contributed by atoms with Gasteiger partial charge in [0.25, 0.3) is 5.69 Å². The van der Waals surface area contributed by atoms with Crippen LogP contribution in [0.2, 0.25) is 0 Å². The van der Waals surface area contributed by atoms with Crippen LogP contribution >= 0.6 is 0 Å². The molecule has 1 atom stereocenters. The lowest BCUT2D eigenvalue weighted by molar-refractivity contribution is -0.384. The number of alkyl halides is 3. The molecule has 1 fully saturated rings. The van der Waals surface area contributed by atoms with Gasteiger partial charge in [-0.05, 0) is 31.0 Å². The van der Waals surface area contributed by atoms with Crippen molar-refractivity contribution in [2.24, 2.45) is 0 Å². The lowest BCUT2D eigenvalue weighted by Gasteiger charge is -2.34. The molecule has 3 heterocycles. The van der Waals surface area contributed by atoms with Crippen LogP contribution in [0.1, 0.15) is 35.7 Å². The Labute approximate surface area is 175 Å². The first kappa shape index (κ1) is 21.0. The number of methoxy groups -OCH3 is 1. The monoisotopic (exact) mass is 435 g/mol. The van der Waals surface area contributed by atoms with E-state index < -0.39 is 16.7 Å². The summed E-state index contributed by atoms with van der Waals surface area (Å²) >= 11 is 0. The van der Waals surface area contributed by atoms with E-state index in [-0.39, 0.29) is 18.2 Å². The van der Waals surface area contributed by atoms with E-state index in [9.17, 15) is 23.3 Å². The molecule has 0 saturated carbocycles. The molecule has 31 heavy (non-hydrogen) atoms. The Morgan fingerprint density at radius 1 is 1.26 bits per heavy atom. The van der Waals surface area contributed by atoms with Gasteiger partial charge in [0.05, 0.1) is 17.1 Å². The number of non-ortho nitro benzene ring substituents is 1. The van der Waals surface area contributed by atoms with Crippen LogP contribution in [0.15, 0.2) is 36.5 Å². The molecule has 0 amide bonds. The minimum atomic E-state index is -4.46. The van der Waals surface area contributed by atoms with Crippen molar-refractivity contribution in [2.45, 2.75) is 31.5 Å². The van der Waals surface area contributed by atoms with Crippen LogP contribution in [0.4, 0.5) is 24.5 Å². The number of fused-ring (bicyclic) bond motifs is 1. The second-order valence-electron chi connectivity index (χ2n) is 7.49. The van der Waals surface area contributed by atoms with Crippen molar-refractivity contribution in [3.63, 3.8) is 0 Å². The van der Waals surface area contributed by atoms with Crippen LogP contribution in [-0.2, 0) is 17.5 Å². The molecule has 3 aromatic rings. The van der Waals surface area contributed by atoms with Crippen molar-refractivity contribution in [3.8, 4) is 0 Å². The second-order valence-corrected chi connectivity index (χ2v) is 7.49. The highest BCUT2D eigenvalue weighted by molar-refractivity contribution is 5.58. The zero-order chi connectivity index (χ0) is 22.2. The number of ether oxygens (including phenoxy) is 1. The third kappa shape index (κ3) is 4.18. The van der Waals surface area contributed by atoms with Gasteiger partial charge in [0, 0.05) is 55.7 Å². The maximum Gasteiger partial charge on any atom is 0.417 e. The van der Waals surface area contributed by atoms with Crippen molar-refractivity contribution >= 4 is 17.0 Å². The Morgan fingerprint density at radius 2 is 2.06 bits per heavy atom. The topological polar surface area (TPSA) is 85.8 Å². The van der Waals surface area contributed by atoms with Gasteiger partial charge < -0.3 is 9.64 Å².